The van der Waals surface area contributed by atoms with Crippen LogP contribution < -0.4 is 0 Å². The van der Waals surface area contributed by atoms with Crippen LogP contribution >= 0.6 is 0 Å². The minimum Gasteiger partial charge on any atom is -0.386 e. The van der Waals surface area contributed by atoms with E-state index in [1.807, 2.05) is 4.90 Å². The Morgan fingerprint density at radius 3 is 2.76 bits per heavy atom. The molecule has 140 valence electrons. The number of aliphatic hydroxyl groups is 1. The van der Waals surface area contributed by atoms with Gasteiger partial charge < -0.3 is 10.0 Å². The first kappa shape index (κ1) is 18.4. The number of hydrogen-bond acceptors (Lipinski definition) is 5. The van der Waals surface area contributed by atoms with Gasteiger partial charge in [0.15, 0.2) is 0 Å². The maximum atomic E-state index is 12.5. The van der Waals surface area contributed by atoms with Crippen molar-refractivity contribution in [1.29, 1.82) is 0 Å². The molecule has 2 aliphatic rings. The summed E-state index contributed by atoms with van der Waals surface area (Å²) < 4.78 is 24.4. The first-order chi connectivity index (χ1) is 11.8. The highest BCUT2D eigenvalue weighted by Gasteiger charge is 2.26. The number of amides is 1. The van der Waals surface area contributed by atoms with Gasteiger partial charge in [0.2, 0.25) is 5.91 Å². The first-order valence-corrected chi connectivity index (χ1v) is 11.1. The molecule has 3 rings (SSSR count). The smallest absolute Gasteiger partial charge is 0.222 e. The van der Waals surface area contributed by atoms with E-state index in [9.17, 15) is 18.3 Å². The lowest BCUT2D eigenvalue weighted by molar-refractivity contribution is -0.133. The predicted molar refractivity (Wildman–Crippen MR) is 93.5 cm³/mol. The minimum absolute atomic E-state index is 0.178. The molecule has 7 nitrogen and oxygen atoms in total. The molecular weight excluding hydrogens is 342 g/mol. The summed E-state index contributed by atoms with van der Waals surface area (Å²) in [5, 5.41) is 14.4. The fourth-order valence-corrected chi connectivity index (χ4v) is 4.57. The quantitative estimate of drug-likeness (QED) is 0.815. The summed E-state index contributed by atoms with van der Waals surface area (Å²) >= 11 is 0. The topological polar surface area (TPSA) is 92.5 Å². The van der Waals surface area contributed by atoms with Crippen LogP contribution in [0.25, 0.3) is 0 Å². The van der Waals surface area contributed by atoms with Crippen LogP contribution in [0.15, 0.2) is 6.07 Å². The third-order valence-electron chi connectivity index (χ3n) is 5.21. The van der Waals surface area contributed by atoms with Crippen LogP contribution in [-0.4, -0.2) is 52.7 Å². The molecule has 0 spiro atoms. The van der Waals surface area contributed by atoms with E-state index in [4.69, 9.17) is 0 Å². The second kappa shape index (κ2) is 7.45. The fraction of sp³-hybridized carbons (Fsp3) is 0.765. The maximum Gasteiger partial charge on any atom is 0.222 e. The summed E-state index contributed by atoms with van der Waals surface area (Å²) in [6.07, 6.45) is 6.63. The molecule has 1 unspecified atom stereocenters. The van der Waals surface area contributed by atoms with Gasteiger partial charge in [-0.2, -0.15) is 5.10 Å². The van der Waals surface area contributed by atoms with Gasteiger partial charge in [-0.05, 0) is 18.4 Å². The van der Waals surface area contributed by atoms with Crippen LogP contribution in [0.5, 0.6) is 0 Å². The zero-order valence-corrected chi connectivity index (χ0v) is 15.5. The van der Waals surface area contributed by atoms with Gasteiger partial charge in [0.1, 0.15) is 15.9 Å². The van der Waals surface area contributed by atoms with Crippen molar-refractivity contribution in [3.8, 4) is 0 Å². The van der Waals surface area contributed by atoms with Crippen molar-refractivity contribution < 1.29 is 18.3 Å². The Morgan fingerprint density at radius 1 is 1.36 bits per heavy atom. The van der Waals surface area contributed by atoms with Crippen LogP contribution in [0.2, 0.25) is 0 Å². The molecule has 0 saturated heterocycles. The second-order valence-corrected chi connectivity index (χ2v) is 9.58. The van der Waals surface area contributed by atoms with Gasteiger partial charge in [-0.25, -0.2) is 8.42 Å². The second-order valence-electron chi connectivity index (χ2n) is 7.40. The van der Waals surface area contributed by atoms with Crippen molar-refractivity contribution in [3.63, 3.8) is 0 Å². The summed E-state index contributed by atoms with van der Waals surface area (Å²) in [5.41, 5.74) is 1.21. The van der Waals surface area contributed by atoms with Crippen molar-refractivity contribution in [2.24, 2.45) is 5.92 Å². The molecule has 8 heteroatoms. The summed E-state index contributed by atoms with van der Waals surface area (Å²) in [6.45, 7) is 1.66. The van der Waals surface area contributed by atoms with Gasteiger partial charge >= 0.3 is 0 Å². The molecule has 1 atom stereocenters. The molecule has 0 bridgehead atoms. The van der Waals surface area contributed by atoms with E-state index in [0.29, 0.717) is 37.7 Å². The van der Waals surface area contributed by atoms with Gasteiger partial charge in [0, 0.05) is 19.2 Å². The van der Waals surface area contributed by atoms with Crippen molar-refractivity contribution in [2.45, 2.75) is 57.7 Å². The average molecular weight is 369 g/mol. The Hall–Kier alpha value is -1.41. The molecule has 1 aliphatic carbocycles. The molecule has 1 amide bonds. The van der Waals surface area contributed by atoms with Crippen molar-refractivity contribution in [2.75, 3.05) is 18.6 Å². The number of carbonyl (C=O) groups excluding carboxylic acids is 1. The molecular formula is C17H27N3O4S. The first-order valence-electron chi connectivity index (χ1n) is 9.02. The number of fused-ring (bicyclic) bond motifs is 1. The van der Waals surface area contributed by atoms with Crippen LogP contribution in [0.1, 0.15) is 56.0 Å². The summed E-state index contributed by atoms with van der Waals surface area (Å²) in [7, 11) is -3.28. The standard InChI is InChI=1S/C17H27N3O4S/c1-25(23,24)12-16(21)15-10-14-11-19(8-9-20(14)18-15)17(22)7-6-13-4-2-3-5-13/h10,13,16,21H,2-9,11-12H2,1H3. The molecule has 0 radical (unpaired) electrons. The highest BCUT2D eigenvalue weighted by atomic mass is 32.2. The lowest BCUT2D eigenvalue weighted by Crippen LogP contribution is -2.38. The number of aromatic nitrogens is 2. The fourth-order valence-electron chi connectivity index (χ4n) is 3.82. The van der Waals surface area contributed by atoms with Crippen molar-refractivity contribution >= 4 is 15.7 Å². The molecule has 1 saturated carbocycles. The summed E-state index contributed by atoms with van der Waals surface area (Å²) in [6, 6.07) is 1.71. The Bertz CT molecular complexity index is 722. The third-order valence-corrected chi connectivity index (χ3v) is 6.13. The Labute approximate surface area is 148 Å². The van der Waals surface area contributed by atoms with Crippen molar-refractivity contribution in [1.82, 2.24) is 14.7 Å². The van der Waals surface area contributed by atoms with Gasteiger partial charge in [-0.1, -0.05) is 25.7 Å². The Balaban J connectivity index is 1.58. The van der Waals surface area contributed by atoms with E-state index in [1.54, 1.807) is 10.7 Å². The van der Waals surface area contributed by atoms with Crippen molar-refractivity contribution in [3.05, 3.63) is 17.5 Å². The highest BCUT2D eigenvalue weighted by molar-refractivity contribution is 7.90. The molecule has 0 aromatic carbocycles. The van der Waals surface area contributed by atoms with Crippen LogP contribution in [-0.2, 0) is 27.7 Å². The zero-order valence-electron chi connectivity index (χ0n) is 14.7. The number of aliphatic hydroxyl groups excluding tert-OH is 1. The van der Waals surface area contributed by atoms with E-state index in [2.05, 4.69) is 5.10 Å². The number of hydrogen-bond donors (Lipinski definition) is 1. The van der Waals surface area contributed by atoms with E-state index in [1.165, 1.54) is 25.7 Å². The van der Waals surface area contributed by atoms with Gasteiger partial charge in [-0.3, -0.25) is 9.48 Å². The average Bonchev–Trinajstić information content (AvgIpc) is 3.19. The van der Waals surface area contributed by atoms with E-state index >= 15 is 0 Å². The van der Waals surface area contributed by atoms with E-state index in [-0.39, 0.29) is 11.7 Å². The largest absolute Gasteiger partial charge is 0.386 e. The van der Waals surface area contributed by atoms with Crippen LogP contribution in [0.3, 0.4) is 0 Å². The van der Waals surface area contributed by atoms with Gasteiger partial charge in [-0.15, -0.1) is 0 Å². The maximum absolute atomic E-state index is 12.5. The lowest BCUT2D eigenvalue weighted by Gasteiger charge is -2.28. The number of sulfone groups is 1. The van der Waals surface area contributed by atoms with E-state index < -0.39 is 15.9 Å². The molecule has 25 heavy (non-hydrogen) atoms. The number of carbonyl (C=O) groups is 1. The molecule has 1 aromatic rings. The lowest BCUT2D eigenvalue weighted by atomic mass is 10.0. The Morgan fingerprint density at radius 2 is 2.08 bits per heavy atom. The summed E-state index contributed by atoms with van der Waals surface area (Å²) in [5.74, 6) is 0.544. The number of rotatable bonds is 6. The molecule has 2 heterocycles. The predicted octanol–water partition coefficient (Wildman–Crippen LogP) is 1.27. The Kier molecular flexibility index (Phi) is 5.48. The van der Waals surface area contributed by atoms with Crippen LogP contribution in [0.4, 0.5) is 0 Å². The van der Waals surface area contributed by atoms with Crippen LogP contribution in [0, 0.1) is 5.92 Å². The van der Waals surface area contributed by atoms with Gasteiger partial charge in [0.05, 0.1) is 30.2 Å². The number of nitrogens with zero attached hydrogens (tertiary/aromatic N) is 3. The molecule has 1 aromatic heterocycles. The SMILES string of the molecule is CS(=O)(=O)CC(O)c1cc2n(n1)CCN(C(=O)CCC1CCCC1)C2. The normalized spacial score (nSPS) is 19.8. The van der Waals surface area contributed by atoms with E-state index in [0.717, 1.165) is 18.4 Å². The third kappa shape index (κ3) is 4.82. The summed E-state index contributed by atoms with van der Waals surface area (Å²) in [4.78, 5) is 14.3. The van der Waals surface area contributed by atoms with Gasteiger partial charge in [0.25, 0.3) is 0 Å². The molecule has 1 N–H and O–H groups in total. The zero-order chi connectivity index (χ0) is 18.0. The molecule has 1 aliphatic heterocycles. The minimum atomic E-state index is -3.28. The highest BCUT2D eigenvalue weighted by Crippen LogP contribution is 2.29. The monoisotopic (exact) mass is 369 g/mol. The molecule has 1 fully saturated rings.